The van der Waals surface area contributed by atoms with Crippen LogP contribution in [0.15, 0.2) is 55.1 Å². The first-order valence-corrected chi connectivity index (χ1v) is 8.31. The number of halogens is 2. The van der Waals surface area contributed by atoms with Crippen molar-refractivity contribution in [3.63, 3.8) is 0 Å². The SMILES string of the molecule is Cc1cc(Cl)ccc1-c1cnc2nc(COc3ccc(F)cn3)cn2c1. The molecule has 26 heavy (non-hydrogen) atoms. The van der Waals surface area contributed by atoms with Gasteiger partial charge in [0.2, 0.25) is 11.7 Å². The maximum Gasteiger partial charge on any atom is 0.234 e. The fourth-order valence-corrected chi connectivity index (χ4v) is 2.92. The number of fused-ring (bicyclic) bond motifs is 1. The molecule has 0 bridgehead atoms. The number of hydrogen-bond acceptors (Lipinski definition) is 4. The number of rotatable bonds is 4. The summed E-state index contributed by atoms with van der Waals surface area (Å²) in [6, 6.07) is 8.53. The Labute approximate surface area is 154 Å². The first kappa shape index (κ1) is 16.5. The van der Waals surface area contributed by atoms with E-state index in [0.29, 0.717) is 22.4 Å². The molecule has 0 fully saturated rings. The van der Waals surface area contributed by atoms with Gasteiger partial charge in [0.25, 0.3) is 0 Å². The number of aryl methyl sites for hydroxylation is 1. The zero-order valence-electron chi connectivity index (χ0n) is 13.9. The average Bonchev–Trinajstić information content (AvgIpc) is 3.03. The minimum absolute atomic E-state index is 0.220. The van der Waals surface area contributed by atoms with Crippen LogP contribution in [0.1, 0.15) is 11.3 Å². The van der Waals surface area contributed by atoms with E-state index in [-0.39, 0.29) is 6.61 Å². The fourth-order valence-electron chi connectivity index (χ4n) is 2.69. The van der Waals surface area contributed by atoms with Gasteiger partial charge in [0.15, 0.2) is 0 Å². The summed E-state index contributed by atoms with van der Waals surface area (Å²) in [5.41, 5.74) is 3.81. The number of benzene rings is 1. The zero-order chi connectivity index (χ0) is 18.1. The highest BCUT2D eigenvalue weighted by Crippen LogP contribution is 2.25. The molecule has 0 aliphatic rings. The molecule has 0 aliphatic heterocycles. The Morgan fingerprint density at radius 3 is 2.77 bits per heavy atom. The van der Waals surface area contributed by atoms with E-state index in [1.165, 1.54) is 12.1 Å². The van der Waals surface area contributed by atoms with E-state index in [0.717, 1.165) is 22.9 Å². The summed E-state index contributed by atoms with van der Waals surface area (Å²) in [4.78, 5) is 12.7. The van der Waals surface area contributed by atoms with Crippen molar-refractivity contribution in [1.82, 2.24) is 19.4 Å². The first-order chi connectivity index (χ1) is 12.6. The minimum atomic E-state index is -0.403. The van der Waals surface area contributed by atoms with Crippen LogP contribution in [-0.2, 0) is 6.61 Å². The van der Waals surface area contributed by atoms with Crippen molar-refractivity contribution in [1.29, 1.82) is 0 Å². The quantitative estimate of drug-likeness (QED) is 0.533. The van der Waals surface area contributed by atoms with E-state index in [4.69, 9.17) is 16.3 Å². The number of ether oxygens (including phenoxy) is 1. The molecule has 0 saturated heterocycles. The van der Waals surface area contributed by atoms with E-state index < -0.39 is 5.82 Å². The maximum absolute atomic E-state index is 12.9. The molecule has 5 nitrogen and oxygen atoms in total. The van der Waals surface area contributed by atoms with Crippen LogP contribution in [0.2, 0.25) is 5.02 Å². The van der Waals surface area contributed by atoms with Gasteiger partial charge in [-0.15, -0.1) is 0 Å². The van der Waals surface area contributed by atoms with E-state index >= 15 is 0 Å². The molecule has 0 radical (unpaired) electrons. The summed E-state index contributed by atoms with van der Waals surface area (Å²) in [5, 5.41) is 0.705. The van der Waals surface area contributed by atoms with Crippen molar-refractivity contribution >= 4 is 17.4 Å². The number of pyridine rings is 1. The van der Waals surface area contributed by atoms with E-state index in [2.05, 4.69) is 15.0 Å². The van der Waals surface area contributed by atoms with Gasteiger partial charge in [0, 0.05) is 35.2 Å². The largest absolute Gasteiger partial charge is 0.471 e. The van der Waals surface area contributed by atoms with Gasteiger partial charge in [-0.1, -0.05) is 17.7 Å². The lowest BCUT2D eigenvalue weighted by Crippen LogP contribution is -1.97. The highest BCUT2D eigenvalue weighted by molar-refractivity contribution is 6.30. The molecule has 130 valence electrons. The van der Waals surface area contributed by atoms with Gasteiger partial charge in [-0.2, -0.15) is 0 Å². The average molecular weight is 369 g/mol. The monoisotopic (exact) mass is 368 g/mol. The molecule has 0 saturated carbocycles. The Morgan fingerprint density at radius 2 is 2.00 bits per heavy atom. The van der Waals surface area contributed by atoms with Crippen LogP contribution in [0.5, 0.6) is 5.88 Å². The van der Waals surface area contributed by atoms with Crippen molar-refractivity contribution in [2.24, 2.45) is 0 Å². The second-order valence-corrected chi connectivity index (χ2v) is 6.28. The van der Waals surface area contributed by atoms with Crippen LogP contribution in [0.25, 0.3) is 16.9 Å². The lowest BCUT2D eigenvalue weighted by atomic mass is 10.0. The summed E-state index contributed by atoms with van der Waals surface area (Å²) in [6.07, 6.45) is 6.71. The van der Waals surface area contributed by atoms with Crippen LogP contribution in [0.3, 0.4) is 0 Å². The van der Waals surface area contributed by atoms with Gasteiger partial charge >= 0.3 is 0 Å². The van der Waals surface area contributed by atoms with Gasteiger partial charge in [0.1, 0.15) is 12.4 Å². The summed E-state index contributed by atoms with van der Waals surface area (Å²) in [7, 11) is 0. The number of imidazole rings is 1. The lowest BCUT2D eigenvalue weighted by molar-refractivity contribution is 0.289. The van der Waals surface area contributed by atoms with Gasteiger partial charge in [-0.3, -0.25) is 4.40 Å². The van der Waals surface area contributed by atoms with Crippen molar-refractivity contribution in [2.75, 3.05) is 0 Å². The van der Waals surface area contributed by atoms with Gasteiger partial charge in [-0.25, -0.2) is 19.3 Å². The summed E-state index contributed by atoms with van der Waals surface area (Å²) >= 11 is 6.03. The smallest absolute Gasteiger partial charge is 0.234 e. The van der Waals surface area contributed by atoms with Gasteiger partial charge in [0.05, 0.1) is 11.9 Å². The van der Waals surface area contributed by atoms with E-state index in [9.17, 15) is 4.39 Å². The molecule has 0 N–H and O–H groups in total. The van der Waals surface area contributed by atoms with Gasteiger partial charge in [-0.05, 0) is 36.2 Å². The predicted octanol–water partition coefficient (Wildman–Crippen LogP) is 4.47. The minimum Gasteiger partial charge on any atom is -0.471 e. The summed E-state index contributed by atoms with van der Waals surface area (Å²) in [5.74, 6) is 0.513. The highest BCUT2D eigenvalue weighted by atomic mass is 35.5. The van der Waals surface area contributed by atoms with Crippen molar-refractivity contribution in [3.05, 3.63) is 77.2 Å². The molecule has 0 unspecified atom stereocenters. The van der Waals surface area contributed by atoms with E-state index in [1.807, 2.05) is 41.9 Å². The number of hydrogen-bond donors (Lipinski definition) is 0. The van der Waals surface area contributed by atoms with Crippen molar-refractivity contribution in [3.8, 4) is 17.0 Å². The molecular formula is C19H14ClFN4O. The molecule has 4 aromatic rings. The summed E-state index contributed by atoms with van der Waals surface area (Å²) < 4.78 is 20.2. The molecule has 4 rings (SSSR count). The first-order valence-electron chi connectivity index (χ1n) is 7.93. The molecule has 0 atom stereocenters. The predicted molar refractivity (Wildman–Crippen MR) is 96.7 cm³/mol. The zero-order valence-corrected chi connectivity index (χ0v) is 14.6. The fraction of sp³-hybridized carbons (Fsp3) is 0.105. The van der Waals surface area contributed by atoms with Crippen LogP contribution in [-0.4, -0.2) is 19.4 Å². The molecule has 0 spiro atoms. The third kappa shape index (κ3) is 3.36. The lowest BCUT2D eigenvalue weighted by Gasteiger charge is -2.06. The Hall–Kier alpha value is -2.99. The van der Waals surface area contributed by atoms with Crippen molar-refractivity contribution < 1.29 is 9.13 Å². The molecular weight excluding hydrogens is 355 g/mol. The molecule has 3 aromatic heterocycles. The highest BCUT2D eigenvalue weighted by Gasteiger charge is 2.08. The molecule has 0 aliphatic carbocycles. The Morgan fingerprint density at radius 1 is 1.12 bits per heavy atom. The second-order valence-electron chi connectivity index (χ2n) is 5.84. The molecule has 3 heterocycles. The summed E-state index contributed by atoms with van der Waals surface area (Å²) in [6.45, 7) is 2.23. The van der Waals surface area contributed by atoms with Crippen LogP contribution < -0.4 is 4.74 Å². The molecule has 1 aromatic carbocycles. The molecule has 7 heteroatoms. The molecule has 0 amide bonds. The Bertz CT molecular complexity index is 1080. The third-order valence-electron chi connectivity index (χ3n) is 3.93. The third-order valence-corrected chi connectivity index (χ3v) is 4.16. The van der Waals surface area contributed by atoms with E-state index in [1.54, 1.807) is 6.20 Å². The second kappa shape index (κ2) is 6.72. The number of nitrogens with zero attached hydrogens (tertiary/aromatic N) is 4. The van der Waals surface area contributed by atoms with Crippen LogP contribution in [0, 0.1) is 12.7 Å². The van der Waals surface area contributed by atoms with Crippen LogP contribution >= 0.6 is 11.6 Å². The number of aromatic nitrogens is 4. The van der Waals surface area contributed by atoms with Gasteiger partial charge < -0.3 is 4.74 Å². The van der Waals surface area contributed by atoms with Crippen LogP contribution in [0.4, 0.5) is 4.39 Å². The Kier molecular flexibility index (Phi) is 4.26. The topological polar surface area (TPSA) is 52.3 Å². The normalized spacial score (nSPS) is 11.0. The Balaban J connectivity index is 1.58. The maximum atomic E-state index is 12.9. The standard InChI is InChI=1S/C19H14ClFN4O/c1-12-6-14(20)2-4-17(12)13-7-23-19-24-16(10-25(19)9-13)11-26-18-5-3-15(21)8-22-18/h2-10H,11H2,1H3. The van der Waals surface area contributed by atoms with Crippen molar-refractivity contribution in [2.45, 2.75) is 13.5 Å².